The van der Waals surface area contributed by atoms with Gasteiger partial charge in [-0.1, -0.05) is 64.6 Å². The van der Waals surface area contributed by atoms with Gasteiger partial charge in [-0.2, -0.15) is 9.57 Å². The smallest absolute Gasteiger partial charge is 0.327 e. The quantitative estimate of drug-likeness (QED) is 0.131. The number of carbonyl (C=O) groups is 2. The van der Waals surface area contributed by atoms with Gasteiger partial charge in [0, 0.05) is 18.5 Å². The highest BCUT2D eigenvalue weighted by atomic mass is 35.5. The van der Waals surface area contributed by atoms with Crippen LogP contribution in [0.5, 0.6) is 17.2 Å². The van der Waals surface area contributed by atoms with Gasteiger partial charge in [0.1, 0.15) is 31.0 Å². The highest BCUT2D eigenvalue weighted by Crippen LogP contribution is 2.42. The van der Waals surface area contributed by atoms with Gasteiger partial charge < -0.3 is 30.4 Å². The van der Waals surface area contributed by atoms with Gasteiger partial charge >= 0.3 is 5.97 Å². The first-order valence-electron chi connectivity index (χ1n) is 17.7. The van der Waals surface area contributed by atoms with Crippen LogP contribution in [-0.2, 0) is 39.2 Å². The lowest BCUT2D eigenvalue weighted by Gasteiger charge is -2.36. The van der Waals surface area contributed by atoms with Gasteiger partial charge in [-0.25, -0.2) is 18.2 Å². The highest BCUT2D eigenvalue weighted by Gasteiger charge is 2.43. The maximum Gasteiger partial charge on any atom is 0.327 e. The average Bonchev–Trinajstić information content (AvgIpc) is 3.57. The van der Waals surface area contributed by atoms with Crippen LogP contribution in [0.15, 0.2) is 83.1 Å². The summed E-state index contributed by atoms with van der Waals surface area (Å²) in [6.45, 7) is 1.74. The summed E-state index contributed by atoms with van der Waals surface area (Å²) in [5.74, 6) is 4.86. The van der Waals surface area contributed by atoms with Crippen LogP contribution in [0.2, 0.25) is 10.0 Å². The fourth-order valence-corrected chi connectivity index (χ4v) is 9.74. The first kappa shape index (κ1) is 40.4. The number of fused-ring (bicyclic) bond motifs is 2. The number of nitriles is 1. The maximum absolute atomic E-state index is 14.3. The molecule has 0 fully saturated rings. The number of aliphatic carboxylic acids is 1. The number of aryl methyl sites for hydroxylation is 1. The van der Waals surface area contributed by atoms with Crippen LogP contribution in [0.3, 0.4) is 0 Å². The molecule has 0 aliphatic carbocycles. The van der Waals surface area contributed by atoms with Crippen LogP contribution in [0.1, 0.15) is 51.6 Å². The third-order valence-corrected chi connectivity index (χ3v) is 13.6. The number of aromatic nitrogens is 1. The van der Waals surface area contributed by atoms with Crippen molar-refractivity contribution in [2.45, 2.75) is 55.3 Å². The van der Waals surface area contributed by atoms with Crippen LogP contribution in [-0.4, -0.2) is 53.4 Å². The Balaban J connectivity index is 1.10. The van der Waals surface area contributed by atoms with Crippen molar-refractivity contribution in [1.82, 2.24) is 14.6 Å². The summed E-state index contributed by atoms with van der Waals surface area (Å²) in [4.78, 5) is 30.4. The molecule has 5 aromatic rings. The van der Waals surface area contributed by atoms with Crippen molar-refractivity contribution in [3.8, 4) is 35.2 Å². The first-order chi connectivity index (χ1) is 27.8. The maximum atomic E-state index is 14.3. The second-order valence-electron chi connectivity index (χ2n) is 13.4. The number of benzene rings is 4. The van der Waals surface area contributed by atoms with Gasteiger partial charge in [-0.3, -0.25) is 4.79 Å². The third kappa shape index (κ3) is 8.84. The molecule has 2 aliphatic heterocycles. The van der Waals surface area contributed by atoms with Gasteiger partial charge in [0.25, 0.3) is 10.0 Å². The SMILES string of the molecule is Cc1nc(N)sc1S(=O)(=O)N1Cc2cc3c(cc2C[C@H]1C(=O)NC(CC#Cc1ccc(C#N)cc1)C(=O)O)OC[C@H](c1ccc(OCc2ccc(Cl)c(Cl)c2)cc1)O3. The minimum atomic E-state index is -4.38. The van der Waals surface area contributed by atoms with E-state index in [2.05, 4.69) is 22.1 Å². The Morgan fingerprint density at radius 1 is 1.05 bits per heavy atom. The fourth-order valence-electron chi connectivity index (χ4n) is 6.44. The van der Waals surface area contributed by atoms with E-state index in [0.717, 1.165) is 26.8 Å². The van der Waals surface area contributed by atoms with Gasteiger partial charge in [-0.15, -0.1) is 0 Å². The second-order valence-corrected chi connectivity index (χ2v) is 17.3. The first-order valence-corrected chi connectivity index (χ1v) is 20.7. The number of thiazole rings is 1. The number of rotatable bonds is 10. The molecule has 3 atom stereocenters. The number of nitrogen functional groups attached to an aromatic ring is 1. The molecule has 4 N–H and O–H groups in total. The van der Waals surface area contributed by atoms with Crippen molar-refractivity contribution in [1.29, 1.82) is 5.26 Å². The molecule has 1 aromatic heterocycles. The molecule has 0 radical (unpaired) electrons. The lowest BCUT2D eigenvalue weighted by atomic mass is 9.94. The van der Waals surface area contributed by atoms with Crippen LogP contribution < -0.4 is 25.3 Å². The monoisotopic (exact) mass is 857 g/mol. The number of nitrogens with zero attached hydrogens (tertiary/aromatic N) is 3. The van der Waals surface area contributed by atoms with E-state index in [1.54, 1.807) is 48.5 Å². The highest BCUT2D eigenvalue weighted by molar-refractivity contribution is 7.91. The van der Waals surface area contributed by atoms with Crippen LogP contribution in [0, 0.1) is 30.1 Å². The van der Waals surface area contributed by atoms with E-state index >= 15 is 0 Å². The molecule has 58 heavy (non-hydrogen) atoms. The van der Waals surface area contributed by atoms with E-state index in [1.165, 1.54) is 6.92 Å². The fraction of sp³-hybridized carbons (Fsp3) is 0.220. The molecule has 1 amide bonds. The number of amides is 1. The number of anilines is 1. The van der Waals surface area contributed by atoms with Crippen molar-refractivity contribution in [3.63, 3.8) is 0 Å². The van der Waals surface area contributed by atoms with Crippen LogP contribution in [0.25, 0.3) is 0 Å². The van der Waals surface area contributed by atoms with E-state index in [0.29, 0.717) is 56.2 Å². The summed E-state index contributed by atoms with van der Waals surface area (Å²) in [6.07, 6.45) is -0.858. The Morgan fingerprint density at radius 3 is 2.45 bits per heavy atom. The van der Waals surface area contributed by atoms with Gasteiger partial charge in [0.2, 0.25) is 5.91 Å². The topological polar surface area (TPSA) is 194 Å². The molecule has 4 aromatic carbocycles. The number of halogens is 2. The number of ether oxygens (including phenoxy) is 3. The van der Waals surface area contributed by atoms with E-state index in [9.17, 15) is 23.1 Å². The van der Waals surface area contributed by atoms with Gasteiger partial charge in [-0.05, 0) is 96.3 Å². The summed E-state index contributed by atoms with van der Waals surface area (Å²) in [5.41, 5.74) is 9.92. The van der Waals surface area contributed by atoms with Crippen molar-refractivity contribution >= 4 is 61.6 Å². The summed E-state index contributed by atoms with van der Waals surface area (Å²) in [7, 11) is -4.38. The molecule has 7 rings (SSSR count). The molecule has 13 nitrogen and oxygen atoms in total. The Kier molecular flexibility index (Phi) is 11.8. The lowest BCUT2D eigenvalue weighted by Crippen LogP contribution is -2.55. The standard InChI is InChI=1S/C41H33Cl2N5O8S2/c1-23-40(57-41(45)46-23)58(52,53)48-20-29-18-36-35(55-22-37(56-36)27-10-12-30(13-11-27)54-21-26-9-14-31(42)32(43)15-26)17-28(29)16-34(48)38(49)47-33(39(50)51)4-2-3-24-5-7-25(19-44)8-6-24/h5-15,17-18,33-34,37H,4,16,20-22H2,1H3,(H2,45,46)(H,47,49)(H,50,51)/t33?,34-,37+/m0/s1. The predicted octanol–water partition coefficient (Wildman–Crippen LogP) is 6.43. The van der Waals surface area contributed by atoms with Gasteiger partial charge in [0.15, 0.2) is 26.9 Å². The third-order valence-electron chi connectivity index (χ3n) is 9.44. The molecule has 296 valence electrons. The normalized spacial score (nSPS) is 16.5. The number of carboxylic acid groups (broad SMARTS) is 1. The molecule has 0 spiro atoms. The van der Waals surface area contributed by atoms with Gasteiger partial charge in [0.05, 0.1) is 27.4 Å². The number of carbonyl (C=O) groups excluding carboxylic acids is 1. The summed E-state index contributed by atoms with van der Waals surface area (Å²) in [6, 6.07) is 21.7. The Hall–Kier alpha value is -5.81. The molecular formula is C41H33Cl2N5O8S2. The van der Waals surface area contributed by atoms with Crippen LogP contribution >= 0.6 is 34.5 Å². The molecule has 2 aliphatic rings. The lowest BCUT2D eigenvalue weighted by molar-refractivity contribution is -0.142. The molecule has 0 saturated carbocycles. The molecule has 1 unspecified atom stereocenters. The van der Waals surface area contributed by atoms with E-state index in [1.807, 2.05) is 36.4 Å². The number of sulfonamides is 1. The number of carboxylic acids is 1. The predicted molar refractivity (Wildman–Crippen MR) is 216 cm³/mol. The summed E-state index contributed by atoms with van der Waals surface area (Å²) in [5, 5.41) is 22.5. The molecule has 3 heterocycles. The largest absolute Gasteiger partial charge is 0.489 e. The van der Waals surface area contributed by atoms with Crippen molar-refractivity contribution in [3.05, 3.63) is 128 Å². The zero-order valence-corrected chi connectivity index (χ0v) is 33.7. The minimum Gasteiger partial charge on any atom is -0.489 e. The molecular weight excluding hydrogens is 826 g/mol. The molecule has 0 saturated heterocycles. The minimum absolute atomic E-state index is 0.0398. The zero-order valence-electron chi connectivity index (χ0n) is 30.6. The Morgan fingerprint density at radius 2 is 1.78 bits per heavy atom. The summed E-state index contributed by atoms with van der Waals surface area (Å²) >= 11 is 12.9. The number of nitrogens with one attached hydrogen (secondary N) is 1. The average molecular weight is 859 g/mol. The zero-order chi connectivity index (χ0) is 41.1. The Labute approximate surface area is 347 Å². The van der Waals surface area contributed by atoms with E-state index in [-0.39, 0.29) is 41.0 Å². The van der Waals surface area contributed by atoms with Crippen molar-refractivity contribution in [2.75, 3.05) is 12.3 Å². The number of hydrogen-bond donors (Lipinski definition) is 3. The van der Waals surface area contributed by atoms with E-state index in [4.69, 9.17) is 48.4 Å². The molecule has 17 heteroatoms. The Bertz CT molecular complexity index is 2620. The van der Waals surface area contributed by atoms with Crippen molar-refractivity contribution < 1.29 is 37.3 Å². The second kappa shape index (κ2) is 17.0. The number of hydrogen-bond acceptors (Lipinski definition) is 11. The van der Waals surface area contributed by atoms with E-state index < -0.39 is 40.1 Å². The molecule has 0 bridgehead atoms. The summed E-state index contributed by atoms with van der Waals surface area (Å²) < 4.78 is 47.9. The van der Waals surface area contributed by atoms with Crippen molar-refractivity contribution in [2.24, 2.45) is 0 Å². The van der Waals surface area contributed by atoms with Crippen LogP contribution in [0.4, 0.5) is 5.13 Å². The number of nitrogens with two attached hydrogens (primary N) is 1.